The molecule has 0 bridgehead atoms. The van der Waals surface area contributed by atoms with Crippen LogP contribution in [0.1, 0.15) is 45.5 Å². The zero-order chi connectivity index (χ0) is 10.1. The zero-order valence-corrected chi connectivity index (χ0v) is 8.50. The molecule has 1 atom stereocenters. The number of alkyl halides is 1. The van der Waals surface area contributed by atoms with Crippen LogP contribution in [0.3, 0.4) is 0 Å². The smallest absolute Gasteiger partial charge is 0.143 e. The maximum Gasteiger partial charge on any atom is 0.143 e. The Morgan fingerprint density at radius 3 is 2.31 bits per heavy atom. The summed E-state index contributed by atoms with van der Waals surface area (Å²) in [6, 6.07) is 0. The summed E-state index contributed by atoms with van der Waals surface area (Å²) in [5.74, 6) is 0. The average molecular weight is 184 g/mol. The van der Waals surface area contributed by atoms with E-state index in [1.807, 2.05) is 0 Å². The lowest BCUT2D eigenvalue weighted by Gasteiger charge is -2.00. The van der Waals surface area contributed by atoms with Gasteiger partial charge >= 0.3 is 0 Å². The molecule has 1 aromatic rings. The van der Waals surface area contributed by atoms with Crippen molar-refractivity contribution >= 4 is 0 Å². The predicted octanol–water partition coefficient (Wildman–Crippen LogP) is 3.31. The Hall–Kier alpha value is -0.990. The molecule has 0 aromatic carbocycles. The number of rotatable bonds is 2. The standard InChI is InChI=1S/C7H9FN2.C3H8/c1-2-6(8)7-5-9-3-4-10-7;1-3-2/h3-6H,2H2,1H3;3H2,1-2H3. The van der Waals surface area contributed by atoms with E-state index in [2.05, 4.69) is 23.8 Å². The molecule has 0 amide bonds. The number of halogens is 1. The van der Waals surface area contributed by atoms with E-state index in [4.69, 9.17) is 0 Å². The molecule has 0 aliphatic heterocycles. The molecule has 0 saturated heterocycles. The Bertz CT molecular complexity index is 201. The van der Waals surface area contributed by atoms with Crippen molar-refractivity contribution in [3.8, 4) is 0 Å². The first-order valence-electron chi connectivity index (χ1n) is 4.66. The molecular formula is C10H17FN2. The fourth-order valence-electron chi connectivity index (χ4n) is 0.682. The molecular weight excluding hydrogens is 167 g/mol. The molecule has 0 aliphatic carbocycles. The Kier molecular flexibility index (Phi) is 7.07. The molecule has 0 fully saturated rings. The lowest BCUT2D eigenvalue weighted by Crippen LogP contribution is -1.93. The summed E-state index contributed by atoms with van der Waals surface area (Å²) in [6.45, 7) is 6.03. The van der Waals surface area contributed by atoms with Gasteiger partial charge in [0, 0.05) is 12.4 Å². The summed E-state index contributed by atoms with van der Waals surface area (Å²) in [5, 5.41) is 0. The van der Waals surface area contributed by atoms with E-state index in [1.54, 1.807) is 6.92 Å². The fraction of sp³-hybridized carbons (Fsp3) is 0.600. The van der Waals surface area contributed by atoms with Crippen molar-refractivity contribution < 1.29 is 4.39 Å². The van der Waals surface area contributed by atoms with E-state index in [-0.39, 0.29) is 0 Å². The van der Waals surface area contributed by atoms with Crippen LogP contribution in [0, 0.1) is 0 Å². The van der Waals surface area contributed by atoms with E-state index < -0.39 is 6.17 Å². The first-order chi connectivity index (χ1) is 6.26. The number of aromatic nitrogens is 2. The number of nitrogens with zero attached hydrogens (tertiary/aromatic N) is 2. The van der Waals surface area contributed by atoms with Crippen molar-refractivity contribution in [3.05, 3.63) is 24.3 Å². The second kappa shape index (κ2) is 7.65. The number of hydrogen-bond donors (Lipinski definition) is 0. The molecule has 2 nitrogen and oxygen atoms in total. The Morgan fingerprint density at radius 2 is 1.92 bits per heavy atom. The van der Waals surface area contributed by atoms with Crippen LogP contribution in [-0.4, -0.2) is 9.97 Å². The van der Waals surface area contributed by atoms with Crippen LogP contribution in [0.5, 0.6) is 0 Å². The van der Waals surface area contributed by atoms with Gasteiger partial charge in [-0.1, -0.05) is 27.2 Å². The quantitative estimate of drug-likeness (QED) is 0.704. The topological polar surface area (TPSA) is 25.8 Å². The molecule has 1 rings (SSSR count). The highest BCUT2D eigenvalue weighted by atomic mass is 19.1. The maximum atomic E-state index is 12.8. The SMILES string of the molecule is CCC.CCC(F)c1cnccn1. The monoisotopic (exact) mass is 184 g/mol. The summed E-state index contributed by atoms with van der Waals surface area (Å²) in [7, 11) is 0. The largest absolute Gasteiger partial charge is 0.261 e. The zero-order valence-electron chi connectivity index (χ0n) is 8.50. The van der Waals surface area contributed by atoms with Gasteiger partial charge in [-0.3, -0.25) is 9.97 Å². The second-order valence-electron chi connectivity index (χ2n) is 2.71. The van der Waals surface area contributed by atoms with Crippen LogP contribution in [0.4, 0.5) is 4.39 Å². The van der Waals surface area contributed by atoms with Gasteiger partial charge in [0.25, 0.3) is 0 Å². The Labute approximate surface area is 79.2 Å². The van der Waals surface area contributed by atoms with Gasteiger partial charge in [0.2, 0.25) is 0 Å². The van der Waals surface area contributed by atoms with E-state index in [1.165, 1.54) is 25.0 Å². The van der Waals surface area contributed by atoms with E-state index in [9.17, 15) is 4.39 Å². The van der Waals surface area contributed by atoms with Crippen LogP contribution in [0.15, 0.2) is 18.6 Å². The molecule has 1 unspecified atom stereocenters. The van der Waals surface area contributed by atoms with E-state index in [0.29, 0.717) is 12.1 Å². The van der Waals surface area contributed by atoms with Crippen molar-refractivity contribution in [2.24, 2.45) is 0 Å². The van der Waals surface area contributed by atoms with E-state index >= 15 is 0 Å². The van der Waals surface area contributed by atoms with Crippen molar-refractivity contribution in [1.82, 2.24) is 9.97 Å². The third-order valence-corrected chi connectivity index (χ3v) is 1.26. The third kappa shape index (κ3) is 5.28. The third-order valence-electron chi connectivity index (χ3n) is 1.26. The van der Waals surface area contributed by atoms with Crippen LogP contribution in [0.25, 0.3) is 0 Å². The summed E-state index contributed by atoms with van der Waals surface area (Å²) in [6.07, 6.45) is 5.23. The van der Waals surface area contributed by atoms with Gasteiger partial charge < -0.3 is 0 Å². The van der Waals surface area contributed by atoms with Gasteiger partial charge in [-0.2, -0.15) is 0 Å². The lowest BCUT2D eigenvalue weighted by molar-refractivity contribution is 0.326. The fourth-order valence-corrected chi connectivity index (χ4v) is 0.682. The number of hydrogen-bond acceptors (Lipinski definition) is 2. The van der Waals surface area contributed by atoms with E-state index in [0.717, 1.165) is 0 Å². The molecule has 0 saturated carbocycles. The summed E-state index contributed by atoms with van der Waals surface area (Å²) in [4.78, 5) is 7.56. The van der Waals surface area contributed by atoms with Gasteiger partial charge in [-0.05, 0) is 6.42 Å². The summed E-state index contributed by atoms with van der Waals surface area (Å²) >= 11 is 0. The van der Waals surface area contributed by atoms with Gasteiger partial charge in [0.1, 0.15) is 6.17 Å². The van der Waals surface area contributed by atoms with Gasteiger partial charge in [0.05, 0.1) is 11.9 Å². The summed E-state index contributed by atoms with van der Waals surface area (Å²) < 4.78 is 12.8. The molecule has 0 spiro atoms. The minimum absolute atomic E-state index is 0.421. The molecule has 1 aromatic heterocycles. The average Bonchev–Trinajstić information content (AvgIpc) is 2.19. The highest BCUT2D eigenvalue weighted by Crippen LogP contribution is 2.15. The molecule has 3 heteroatoms. The first kappa shape index (κ1) is 12.0. The maximum absolute atomic E-state index is 12.8. The Morgan fingerprint density at radius 1 is 1.31 bits per heavy atom. The normalized spacial score (nSPS) is 11.4. The Balaban J connectivity index is 0.000000424. The molecule has 0 radical (unpaired) electrons. The summed E-state index contributed by atoms with van der Waals surface area (Å²) in [5.41, 5.74) is 0.421. The lowest BCUT2D eigenvalue weighted by atomic mass is 10.2. The van der Waals surface area contributed by atoms with Crippen LogP contribution < -0.4 is 0 Å². The molecule has 13 heavy (non-hydrogen) atoms. The predicted molar refractivity (Wildman–Crippen MR) is 52.1 cm³/mol. The molecule has 0 N–H and O–H groups in total. The van der Waals surface area contributed by atoms with Crippen LogP contribution >= 0.6 is 0 Å². The van der Waals surface area contributed by atoms with Crippen LogP contribution in [-0.2, 0) is 0 Å². The van der Waals surface area contributed by atoms with Crippen molar-refractivity contribution in [1.29, 1.82) is 0 Å². The highest BCUT2D eigenvalue weighted by Gasteiger charge is 2.06. The molecule has 1 heterocycles. The van der Waals surface area contributed by atoms with Crippen molar-refractivity contribution in [2.45, 2.75) is 39.8 Å². The van der Waals surface area contributed by atoms with Gasteiger partial charge in [0.15, 0.2) is 0 Å². The van der Waals surface area contributed by atoms with Gasteiger partial charge in [-0.15, -0.1) is 0 Å². The highest BCUT2D eigenvalue weighted by molar-refractivity contribution is 4.98. The molecule has 0 aliphatic rings. The molecule has 74 valence electrons. The minimum atomic E-state index is -0.964. The van der Waals surface area contributed by atoms with Crippen molar-refractivity contribution in [2.75, 3.05) is 0 Å². The van der Waals surface area contributed by atoms with Gasteiger partial charge in [-0.25, -0.2) is 4.39 Å². The minimum Gasteiger partial charge on any atom is -0.261 e. The van der Waals surface area contributed by atoms with Crippen molar-refractivity contribution in [3.63, 3.8) is 0 Å². The first-order valence-corrected chi connectivity index (χ1v) is 4.66. The second-order valence-corrected chi connectivity index (χ2v) is 2.71. The van der Waals surface area contributed by atoms with Crippen LogP contribution in [0.2, 0.25) is 0 Å².